The molecule has 6 aromatic rings. The van der Waals surface area contributed by atoms with Gasteiger partial charge < -0.3 is 61.1 Å². The van der Waals surface area contributed by atoms with Crippen LogP contribution >= 0.6 is 0 Å². The Labute approximate surface area is 426 Å². The molecule has 0 aliphatic rings. The van der Waals surface area contributed by atoms with E-state index in [1.54, 1.807) is 62.3 Å². The summed E-state index contributed by atoms with van der Waals surface area (Å²) in [5, 5.41) is 19.9. The second kappa shape index (κ2) is 24.3. The van der Waals surface area contributed by atoms with E-state index < -0.39 is 70.9 Å². The molecule has 6 rings (SSSR count). The highest BCUT2D eigenvalue weighted by molar-refractivity contribution is 5.91. The van der Waals surface area contributed by atoms with Crippen molar-refractivity contribution in [3.05, 3.63) is 108 Å². The molecule has 0 aliphatic carbocycles. The first-order chi connectivity index (χ1) is 34.5. The second-order valence-corrected chi connectivity index (χ2v) is 21.0. The summed E-state index contributed by atoms with van der Waals surface area (Å²) in [7, 11) is 0. The molecule has 9 N–H and O–H groups in total. The van der Waals surface area contributed by atoms with E-state index in [9.17, 15) is 28.8 Å². The number of fused-ring (bicyclic) bond motifs is 3. The minimum absolute atomic E-state index is 0.119. The van der Waals surface area contributed by atoms with Crippen molar-refractivity contribution in [2.75, 3.05) is 39.3 Å². The van der Waals surface area contributed by atoms with E-state index >= 15 is 0 Å². The van der Waals surface area contributed by atoms with Crippen LogP contribution in [0, 0.1) is 0 Å². The lowest BCUT2D eigenvalue weighted by atomic mass is 10.0. The maximum atomic E-state index is 14.0. The summed E-state index contributed by atoms with van der Waals surface area (Å²) >= 11 is 0. The lowest BCUT2D eigenvalue weighted by Crippen LogP contribution is -2.52. The molecular weight excluding hydrogens is 933 g/mol. The fraction of sp³-hybridized carbons (Fsp3) is 0.444. The fourth-order valence-corrected chi connectivity index (χ4v) is 8.26. The number of para-hydroxylation sites is 3. The predicted molar refractivity (Wildman–Crippen MR) is 281 cm³/mol. The third-order valence-corrected chi connectivity index (χ3v) is 11.5. The van der Waals surface area contributed by atoms with Crippen LogP contribution in [0.3, 0.4) is 0 Å². The third kappa shape index (κ3) is 17.0. The summed E-state index contributed by atoms with van der Waals surface area (Å²) in [5.41, 5.74) is 2.73. The molecule has 19 heteroatoms. The molecule has 3 atom stereocenters. The van der Waals surface area contributed by atoms with Crippen LogP contribution in [0.4, 0.5) is 14.4 Å². The number of H-pyrrole nitrogens is 3. The van der Waals surface area contributed by atoms with Crippen molar-refractivity contribution in [1.29, 1.82) is 0 Å². The quantitative estimate of drug-likeness (QED) is 0.0355. The first kappa shape index (κ1) is 54.8. The number of aromatic amines is 3. The standard InChI is InChI=1S/C54H72N10O9/c1-52(2,3)71-49(68)61-43(28-34-31-58-40-19-13-10-16-37(34)40)46(65)55-22-25-64(26-23-56-47(66)44(62-50(69)72-53(4,5)6)29-35-32-59-41-20-14-11-17-38(35)41)27-24-57-48(67)45(63-51(70)73-54(7,8)9)30-36-33-60-42-21-15-12-18-39(36)42/h10-21,31-33,43-45,58-60H,22-30H2,1-9H3,(H,55,65)(H,56,66)(H,57,67)(H,61,68)(H,62,69)(H,63,70)/t43-,44-,45-/m1/s1. The average molecular weight is 1010 g/mol. The van der Waals surface area contributed by atoms with E-state index in [4.69, 9.17) is 14.2 Å². The van der Waals surface area contributed by atoms with Crippen LogP contribution in [0.15, 0.2) is 91.4 Å². The Bertz CT molecular complexity index is 2540. The monoisotopic (exact) mass is 1000 g/mol. The molecule has 0 radical (unpaired) electrons. The highest BCUT2D eigenvalue weighted by Crippen LogP contribution is 2.22. The van der Waals surface area contributed by atoms with Crippen LogP contribution < -0.4 is 31.9 Å². The van der Waals surface area contributed by atoms with Crippen molar-refractivity contribution >= 4 is 68.7 Å². The summed E-state index contributed by atoms with van der Waals surface area (Å²) in [6.45, 7) is 16.8. The first-order valence-corrected chi connectivity index (χ1v) is 24.7. The van der Waals surface area contributed by atoms with Crippen LogP contribution in [-0.4, -0.2) is 130 Å². The van der Waals surface area contributed by atoms with Crippen molar-refractivity contribution in [2.24, 2.45) is 0 Å². The maximum Gasteiger partial charge on any atom is 0.408 e. The number of hydrogen-bond acceptors (Lipinski definition) is 10. The van der Waals surface area contributed by atoms with E-state index in [0.29, 0.717) is 0 Å². The molecule has 0 fully saturated rings. The lowest BCUT2D eigenvalue weighted by molar-refractivity contribution is -0.123. The molecule has 392 valence electrons. The molecule has 0 aliphatic heterocycles. The van der Waals surface area contributed by atoms with E-state index in [1.807, 2.05) is 96.3 Å². The van der Waals surface area contributed by atoms with Gasteiger partial charge in [0.25, 0.3) is 0 Å². The predicted octanol–water partition coefficient (Wildman–Crippen LogP) is 6.49. The van der Waals surface area contributed by atoms with Crippen molar-refractivity contribution in [2.45, 2.75) is 117 Å². The molecule has 0 spiro atoms. The Morgan fingerprint density at radius 1 is 0.438 bits per heavy atom. The van der Waals surface area contributed by atoms with E-state index in [1.165, 1.54) is 0 Å². The van der Waals surface area contributed by atoms with Gasteiger partial charge in [-0.2, -0.15) is 0 Å². The Hall–Kier alpha value is -7.54. The molecule has 0 saturated carbocycles. The molecule has 73 heavy (non-hydrogen) atoms. The second-order valence-electron chi connectivity index (χ2n) is 21.0. The number of benzene rings is 3. The number of nitrogens with one attached hydrogen (secondary N) is 9. The number of ether oxygens (including phenoxy) is 3. The largest absolute Gasteiger partial charge is 0.444 e. The average Bonchev–Trinajstić information content (AvgIpc) is 4.03. The highest BCUT2D eigenvalue weighted by atomic mass is 16.6. The van der Waals surface area contributed by atoms with Crippen LogP contribution in [0.1, 0.15) is 79.0 Å². The van der Waals surface area contributed by atoms with Gasteiger partial charge in [-0.15, -0.1) is 0 Å². The Morgan fingerprint density at radius 3 is 0.959 bits per heavy atom. The van der Waals surface area contributed by atoms with Crippen LogP contribution in [0.25, 0.3) is 32.7 Å². The van der Waals surface area contributed by atoms with Crippen LogP contribution in [0.2, 0.25) is 0 Å². The van der Waals surface area contributed by atoms with Gasteiger partial charge in [0.2, 0.25) is 17.7 Å². The van der Waals surface area contributed by atoms with Crippen molar-refractivity contribution in [1.82, 2.24) is 51.8 Å². The van der Waals surface area contributed by atoms with Crippen molar-refractivity contribution in [3.8, 4) is 0 Å². The number of nitrogens with zero attached hydrogens (tertiary/aromatic N) is 1. The van der Waals surface area contributed by atoms with Crippen molar-refractivity contribution < 1.29 is 43.0 Å². The SMILES string of the molecule is CC(C)(C)OC(=O)N[C@H](Cc1c[nH]c2ccccc12)C(=O)NCCN(CCNC(=O)[C@@H](Cc1c[nH]c2ccccc12)NC(=O)OC(C)(C)C)CCNC(=O)[C@@H](Cc1c[nH]c2ccccc12)NC(=O)OC(C)(C)C. The Morgan fingerprint density at radius 2 is 0.699 bits per heavy atom. The smallest absolute Gasteiger partial charge is 0.408 e. The number of carbonyl (C=O) groups is 6. The minimum atomic E-state index is -1.00. The van der Waals surface area contributed by atoms with E-state index in [0.717, 1.165) is 49.4 Å². The van der Waals surface area contributed by atoms with Gasteiger partial charge in [-0.1, -0.05) is 54.6 Å². The van der Waals surface area contributed by atoms with Gasteiger partial charge in [-0.25, -0.2) is 14.4 Å². The molecule has 6 amide bonds. The number of alkyl carbamates (subject to hydrolysis) is 3. The number of amides is 6. The summed E-state index contributed by atoms with van der Waals surface area (Å²) in [5.74, 6) is -1.34. The normalized spacial score (nSPS) is 13.2. The van der Waals surface area contributed by atoms with Gasteiger partial charge in [-0.05, 0) is 97.2 Å². The fourth-order valence-electron chi connectivity index (χ4n) is 8.26. The molecule has 3 aromatic carbocycles. The molecule has 19 nitrogen and oxygen atoms in total. The minimum Gasteiger partial charge on any atom is -0.444 e. The Balaban J connectivity index is 1.17. The van der Waals surface area contributed by atoms with Gasteiger partial charge in [0, 0.05) is 110 Å². The van der Waals surface area contributed by atoms with E-state index in [-0.39, 0.29) is 58.5 Å². The van der Waals surface area contributed by atoms with E-state index in [2.05, 4.69) is 46.9 Å². The summed E-state index contributed by atoms with van der Waals surface area (Å²) < 4.78 is 16.6. The zero-order valence-corrected chi connectivity index (χ0v) is 43.4. The lowest BCUT2D eigenvalue weighted by Gasteiger charge is -2.26. The molecule has 0 unspecified atom stereocenters. The van der Waals surface area contributed by atoms with Crippen LogP contribution in [0.5, 0.6) is 0 Å². The zero-order chi connectivity index (χ0) is 52.9. The number of hydrogen-bond donors (Lipinski definition) is 9. The maximum absolute atomic E-state index is 14.0. The Kier molecular flexibility index (Phi) is 18.2. The molecule has 0 bridgehead atoms. The summed E-state index contributed by atoms with van der Waals surface area (Å²) in [6, 6.07) is 20.0. The summed E-state index contributed by atoms with van der Waals surface area (Å²) in [6.07, 6.45) is 3.73. The van der Waals surface area contributed by atoms with Crippen molar-refractivity contribution in [3.63, 3.8) is 0 Å². The number of rotatable bonds is 21. The number of aromatic nitrogens is 3. The molecule has 3 heterocycles. The van der Waals surface area contributed by atoms with Gasteiger partial charge in [0.05, 0.1) is 0 Å². The number of carbonyl (C=O) groups excluding carboxylic acids is 6. The van der Waals surface area contributed by atoms with Gasteiger partial charge in [-0.3, -0.25) is 19.3 Å². The van der Waals surface area contributed by atoms with Gasteiger partial charge >= 0.3 is 18.3 Å². The highest BCUT2D eigenvalue weighted by Gasteiger charge is 2.29. The molecule has 0 saturated heterocycles. The molecular formula is C54H72N10O9. The zero-order valence-electron chi connectivity index (χ0n) is 43.4. The topological polar surface area (TPSA) is 253 Å². The molecule has 3 aromatic heterocycles. The van der Waals surface area contributed by atoms with Gasteiger partial charge in [0.15, 0.2) is 0 Å². The van der Waals surface area contributed by atoms with Crippen LogP contribution in [-0.2, 0) is 47.9 Å². The third-order valence-electron chi connectivity index (χ3n) is 11.5. The summed E-state index contributed by atoms with van der Waals surface area (Å²) in [4.78, 5) is 92.8. The first-order valence-electron chi connectivity index (χ1n) is 24.7. The van der Waals surface area contributed by atoms with Gasteiger partial charge in [0.1, 0.15) is 34.9 Å².